The number of rotatable bonds is 6. The van der Waals surface area contributed by atoms with E-state index in [1.807, 2.05) is 0 Å². The third-order valence-electron chi connectivity index (χ3n) is 2.50. The van der Waals surface area contributed by atoms with Crippen molar-refractivity contribution >= 4 is 11.9 Å². The average molecular weight is 293 g/mol. The number of nitrogens with zero attached hydrogens (tertiary/aromatic N) is 1. The second kappa shape index (κ2) is 6.44. The van der Waals surface area contributed by atoms with Crippen molar-refractivity contribution in [1.29, 1.82) is 0 Å². The number of alkyl halides is 3. The quantitative estimate of drug-likeness (QED) is 0.875. The SMILES string of the molecule is CCCCN(CC(F)(F)F)C(=O)c1cc(C(=O)O)co1. The van der Waals surface area contributed by atoms with Gasteiger partial charge in [0.2, 0.25) is 0 Å². The molecule has 1 amide bonds. The lowest BCUT2D eigenvalue weighted by Gasteiger charge is -2.22. The van der Waals surface area contributed by atoms with Crippen molar-refractivity contribution < 1.29 is 32.3 Å². The van der Waals surface area contributed by atoms with E-state index < -0.39 is 30.4 Å². The summed E-state index contributed by atoms with van der Waals surface area (Å²) in [7, 11) is 0. The summed E-state index contributed by atoms with van der Waals surface area (Å²) in [5, 5.41) is 8.68. The Balaban J connectivity index is 2.87. The first-order valence-corrected chi connectivity index (χ1v) is 5.92. The molecule has 20 heavy (non-hydrogen) atoms. The van der Waals surface area contributed by atoms with Crippen molar-refractivity contribution in [2.45, 2.75) is 25.9 Å². The van der Waals surface area contributed by atoms with Crippen LogP contribution in [0.3, 0.4) is 0 Å². The molecule has 1 N–H and O–H groups in total. The van der Waals surface area contributed by atoms with Gasteiger partial charge in [0.15, 0.2) is 5.76 Å². The number of hydrogen-bond donors (Lipinski definition) is 1. The van der Waals surface area contributed by atoms with Crippen LogP contribution in [-0.2, 0) is 0 Å². The topological polar surface area (TPSA) is 70.8 Å². The van der Waals surface area contributed by atoms with Gasteiger partial charge in [-0.1, -0.05) is 13.3 Å². The van der Waals surface area contributed by atoms with Gasteiger partial charge in [0.05, 0.1) is 5.56 Å². The van der Waals surface area contributed by atoms with Crippen LogP contribution in [0.1, 0.15) is 40.7 Å². The fraction of sp³-hybridized carbons (Fsp3) is 0.500. The molecule has 8 heteroatoms. The number of hydrogen-bond acceptors (Lipinski definition) is 3. The Labute approximate surface area is 113 Å². The maximum Gasteiger partial charge on any atom is 0.406 e. The summed E-state index contributed by atoms with van der Waals surface area (Å²) in [5.74, 6) is -2.70. The van der Waals surface area contributed by atoms with E-state index in [0.717, 1.165) is 12.3 Å². The van der Waals surface area contributed by atoms with Crippen molar-refractivity contribution in [3.8, 4) is 0 Å². The van der Waals surface area contributed by atoms with E-state index >= 15 is 0 Å². The molecular weight excluding hydrogens is 279 g/mol. The maximum absolute atomic E-state index is 12.4. The van der Waals surface area contributed by atoms with E-state index in [2.05, 4.69) is 0 Å². The summed E-state index contributed by atoms with van der Waals surface area (Å²) >= 11 is 0. The number of carbonyl (C=O) groups is 2. The number of halogens is 3. The molecule has 0 saturated heterocycles. The normalized spacial score (nSPS) is 11.4. The van der Waals surface area contributed by atoms with E-state index in [4.69, 9.17) is 9.52 Å². The third kappa shape index (κ3) is 4.60. The molecule has 0 aliphatic heterocycles. The Morgan fingerprint density at radius 1 is 1.40 bits per heavy atom. The van der Waals surface area contributed by atoms with Crippen molar-refractivity contribution in [1.82, 2.24) is 4.90 Å². The summed E-state index contributed by atoms with van der Waals surface area (Å²) in [6.07, 6.45) is -2.67. The lowest BCUT2D eigenvalue weighted by atomic mass is 10.2. The highest BCUT2D eigenvalue weighted by Crippen LogP contribution is 2.19. The Morgan fingerprint density at radius 2 is 2.05 bits per heavy atom. The van der Waals surface area contributed by atoms with Gasteiger partial charge in [0.25, 0.3) is 5.91 Å². The van der Waals surface area contributed by atoms with Gasteiger partial charge >= 0.3 is 12.1 Å². The molecule has 0 aromatic carbocycles. The minimum atomic E-state index is -4.52. The van der Waals surface area contributed by atoms with E-state index in [-0.39, 0.29) is 12.1 Å². The van der Waals surface area contributed by atoms with Gasteiger partial charge in [-0.3, -0.25) is 4.79 Å². The van der Waals surface area contributed by atoms with Gasteiger partial charge in [-0.2, -0.15) is 13.2 Å². The highest BCUT2D eigenvalue weighted by molar-refractivity contribution is 5.95. The number of amides is 1. The molecule has 0 bridgehead atoms. The summed E-state index contributed by atoms with van der Waals surface area (Å²) in [5.41, 5.74) is -0.282. The van der Waals surface area contributed by atoms with Crippen LogP contribution in [0.4, 0.5) is 13.2 Å². The van der Waals surface area contributed by atoms with Crippen LogP contribution in [-0.4, -0.2) is 41.1 Å². The molecule has 0 unspecified atom stereocenters. The van der Waals surface area contributed by atoms with E-state index in [1.54, 1.807) is 6.92 Å². The maximum atomic E-state index is 12.4. The minimum absolute atomic E-state index is 0.0715. The number of carboxylic acids is 1. The molecule has 1 aromatic heterocycles. The van der Waals surface area contributed by atoms with Gasteiger partial charge in [-0.25, -0.2) is 4.79 Å². The van der Waals surface area contributed by atoms with Gasteiger partial charge in [-0.05, 0) is 6.42 Å². The molecule has 112 valence electrons. The number of carboxylic acid groups (broad SMARTS) is 1. The van der Waals surface area contributed by atoms with E-state index in [0.29, 0.717) is 17.7 Å². The van der Waals surface area contributed by atoms with Crippen molar-refractivity contribution in [2.75, 3.05) is 13.1 Å². The molecule has 0 aliphatic carbocycles. The van der Waals surface area contributed by atoms with Crippen LogP contribution < -0.4 is 0 Å². The zero-order valence-corrected chi connectivity index (χ0v) is 10.7. The smallest absolute Gasteiger partial charge is 0.406 e. The fourth-order valence-electron chi connectivity index (χ4n) is 1.53. The predicted molar refractivity (Wildman–Crippen MR) is 62.5 cm³/mol. The summed E-state index contributed by atoms with van der Waals surface area (Å²) in [6, 6.07) is 0.917. The first kappa shape index (κ1) is 16.1. The average Bonchev–Trinajstić information content (AvgIpc) is 2.81. The van der Waals surface area contributed by atoms with Crippen LogP contribution in [0.25, 0.3) is 0 Å². The van der Waals surface area contributed by atoms with Gasteiger partial charge in [0, 0.05) is 12.6 Å². The Hall–Kier alpha value is -1.99. The Morgan fingerprint density at radius 3 is 2.50 bits per heavy atom. The van der Waals surface area contributed by atoms with Crippen LogP contribution in [0, 0.1) is 0 Å². The van der Waals surface area contributed by atoms with Crippen molar-refractivity contribution in [3.05, 3.63) is 23.7 Å². The molecule has 5 nitrogen and oxygen atoms in total. The molecule has 1 aromatic rings. The van der Waals surface area contributed by atoms with Crippen LogP contribution in [0.5, 0.6) is 0 Å². The number of unbranched alkanes of at least 4 members (excludes halogenated alkanes) is 1. The Kier molecular flexibility index (Phi) is 5.18. The largest absolute Gasteiger partial charge is 0.478 e. The molecule has 1 heterocycles. The molecule has 0 atom stereocenters. The third-order valence-corrected chi connectivity index (χ3v) is 2.50. The fourth-order valence-corrected chi connectivity index (χ4v) is 1.53. The summed E-state index contributed by atoms with van der Waals surface area (Å²) < 4.78 is 42.0. The van der Waals surface area contributed by atoms with Crippen LogP contribution >= 0.6 is 0 Å². The summed E-state index contributed by atoms with van der Waals surface area (Å²) in [4.78, 5) is 23.2. The van der Waals surface area contributed by atoms with Crippen molar-refractivity contribution in [2.24, 2.45) is 0 Å². The van der Waals surface area contributed by atoms with Gasteiger partial charge < -0.3 is 14.4 Å². The van der Waals surface area contributed by atoms with Gasteiger partial charge in [0.1, 0.15) is 12.8 Å². The lowest BCUT2D eigenvalue weighted by molar-refractivity contribution is -0.141. The van der Waals surface area contributed by atoms with Crippen LogP contribution in [0.2, 0.25) is 0 Å². The van der Waals surface area contributed by atoms with Gasteiger partial charge in [-0.15, -0.1) is 0 Å². The number of carbonyl (C=O) groups excluding carboxylic acids is 1. The molecule has 0 aliphatic rings. The highest BCUT2D eigenvalue weighted by atomic mass is 19.4. The first-order valence-electron chi connectivity index (χ1n) is 5.92. The van der Waals surface area contributed by atoms with E-state index in [9.17, 15) is 22.8 Å². The monoisotopic (exact) mass is 293 g/mol. The number of aromatic carboxylic acids is 1. The predicted octanol–water partition coefficient (Wildman–Crippen LogP) is 2.78. The number of furan rings is 1. The van der Waals surface area contributed by atoms with Crippen molar-refractivity contribution in [3.63, 3.8) is 0 Å². The molecular formula is C12H14F3NO4. The lowest BCUT2D eigenvalue weighted by Crippen LogP contribution is -2.39. The molecule has 0 spiro atoms. The van der Waals surface area contributed by atoms with Crippen LogP contribution in [0.15, 0.2) is 16.7 Å². The van der Waals surface area contributed by atoms with E-state index in [1.165, 1.54) is 0 Å². The zero-order chi connectivity index (χ0) is 15.3. The molecule has 0 radical (unpaired) electrons. The second-order valence-electron chi connectivity index (χ2n) is 4.20. The highest BCUT2D eigenvalue weighted by Gasteiger charge is 2.34. The Bertz CT molecular complexity index is 481. The second-order valence-corrected chi connectivity index (χ2v) is 4.20. The molecule has 0 saturated carbocycles. The molecule has 1 rings (SSSR count). The summed E-state index contributed by atoms with van der Waals surface area (Å²) in [6.45, 7) is 0.318. The standard InChI is InChI=1S/C12H14F3NO4/c1-2-3-4-16(7-12(13,14)15)10(17)9-5-8(6-20-9)11(18)19/h5-6H,2-4,7H2,1H3,(H,18,19). The minimum Gasteiger partial charge on any atom is -0.478 e. The first-order chi connectivity index (χ1) is 9.24. The molecule has 0 fully saturated rings. The zero-order valence-electron chi connectivity index (χ0n) is 10.7.